The fraction of sp³-hybridized carbons (Fsp3) is 0.900. The van der Waals surface area contributed by atoms with E-state index in [-0.39, 0.29) is 11.3 Å². The van der Waals surface area contributed by atoms with Gasteiger partial charge in [-0.05, 0) is 18.9 Å². The molecule has 0 aromatic rings. The van der Waals surface area contributed by atoms with Crippen LogP contribution in [0.2, 0.25) is 0 Å². The van der Waals surface area contributed by atoms with Gasteiger partial charge in [-0.1, -0.05) is 13.8 Å². The summed E-state index contributed by atoms with van der Waals surface area (Å²) in [7, 11) is 0. The molecule has 0 atom stereocenters. The first-order valence-electron chi connectivity index (χ1n) is 5.06. The van der Waals surface area contributed by atoms with Crippen molar-refractivity contribution in [2.24, 2.45) is 11.1 Å². The number of carbonyl (C=O) groups is 1. The van der Waals surface area contributed by atoms with E-state index in [0.29, 0.717) is 32.7 Å². The summed E-state index contributed by atoms with van der Waals surface area (Å²) in [6, 6.07) is 0. The Kier molecular flexibility index (Phi) is 6.49. The Morgan fingerprint density at radius 1 is 1.50 bits per heavy atom. The molecule has 0 aliphatic heterocycles. The summed E-state index contributed by atoms with van der Waals surface area (Å²) in [5, 5.41) is 2.83. The molecule has 0 unspecified atom stereocenters. The van der Waals surface area contributed by atoms with Gasteiger partial charge in [0.2, 0.25) is 5.91 Å². The maximum atomic E-state index is 11.2. The lowest BCUT2D eigenvalue weighted by atomic mass is 9.94. The van der Waals surface area contributed by atoms with Crippen molar-refractivity contribution < 1.29 is 9.53 Å². The van der Waals surface area contributed by atoms with Crippen LogP contribution >= 0.6 is 0 Å². The van der Waals surface area contributed by atoms with E-state index in [1.807, 2.05) is 20.8 Å². The van der Waals surface area contributed by atoms with Crippen LogP contribution in [0, 0.1) is 5.41 Å². The van der Waals surface area contributed by atoms with Crippen LogP contribution < -0.4 is 11.1 Å². The molecular formula is C10H22N2O2. The van der Waals surface area contributed by atoms with E-state index >= 15 is 0 Å². The quantitative estimate of drug-likeness (QED) is 0.591. The van der Waals surface area contributed by atoms with Gasteiger partial charge in [-0.25, -0.2) is 0 Å². The van der Waals surface area contributed by atoms with Crippen LogP contribution in [0.3, 0.4) is 0 Å². The summed E-state index contributed by atoms with van der Waals surface area (Å²) >= 11 is 0. The number of amides is 1. The molecule has 0 aliphatic rings. The van der Waals surface area contributed by atoms with Crippen molar-refractivity contribution >= 4 is 5.91 Å². The second-order valence-corrected chi connectivity index (χ2v) is 4.09. The van der Waals surface area contributed by atoms with E-state index in [0.717, 1.165) is 0 Å². The number of ether oxygens (including phenoxy) is 1. The smallest absolute Gasteiger partial charge is 0.222 e. The third-order valence-electron chi connectivity index (χ3n) is 1.99. The first-order chi connectivity index (χ1) is 6.52. The standard InChI is InChI=1S/C10H22N2O2/c1-4-14-6-5-9(13)12-8-10(2,3)7-11/h4-8,11H2,1-3H3,(H,12,13). The number of carbonyl (C=O) groups excluding carboxylic acids is 1. The molecule has 84 valence electrons. The van der Waals surface area contributed by atoms with Gasteiger partial charge < -0.3 is 15.8 Å². The Hall–Kier alpha value is -0.610. The minimum absolute atomic E-state index is 0.0265. The molecule has 0 heterocycles. The molecule has 3 N–H and O–H groups in total. The molecule has 0 bridgehead atoms. The number of nitrogens with one attached hydrogen (secondary N) is 1. The van der Waals surface area contributed by atoms with Crippen LogP contribution in [0.4, 0.5) is 0 Å². The molecule has 4 heteroatoms. The third kappa shape index (κ3) is 6.86. The lowest BCUT2D eigenvalue weighted by Crippen LogP contribution is -2.38. The van der Waals surface area contributed by atoms with Gasteiger partial charge in [-0.15, -0.1) is 0 Å². The van der Waals surface area contributed by atoms with E-state index in [1.54, 1.807) is 0 Å². The minimum atomic E-state index is -0.0265. The highest BCUT2D eigenvalue weighted by Crippen LogP contribution is 2.09. The fourth-order valence-electron chi connectivity index (χ4n) is 0.808. The Bertz CT molecular complexity index is 170. The Balaban J connectivity index is 3.53. The van der Waals surface area contributed by atoms with Crippen LogP contribution in [0.15, 0.2) is 0 Å². The van der Waals surface area contributed by atoms with Crippen molar-refractivity contribution in [3.05, 3.63) is 0 Å². The SMILES string of the molecule is CCOCCC(=O)NCC(C)(C)CN. The van der Waals surface area contributed by atoms with Crippen molar-refractivity contribution in [1.29, 1.82) is 0 Å². The van der Waals surface area contributed by atoms with E-state index in [1.165, 1.54) is 0 Å². The van der Waals surface area contributed by atoms with E-state index in [2.05, 4.69) is 5.32 Å². The van der Waals surface area contributed by atoms with Crippen molar-refractivity contribution in [2.75, 3.05) is 26.3 Å². The molecular weight excluding hydrogens is 180 g/mol. The van der Waals surface area contributed by atoms with Gasteiger partial charge in [0.25, 0.3) is 0 Å². The molecule has 0 radical (unpaired) electrons. The molecule has 0 fully saturated rings. The normalized spacial score (nSPS) is 11.4. The molecule has 4 nitrogen and oxygen atoms in total. The predicted molar refractivity (Wildman–Crippen MR) is 57.0 cm³/mol. The van der Waals surface area contributed by atoms with Crippen LogP contribution in [-0.2, 0) is 9.53 Å². The average Bonchev–Trinajstić information content (AvgIpc) is 2.16. The Morgan fingerprint density at radius 2 is 2.14 bits per heavy atom. The molecule has 0 aromatic heterocycles. The maximum Gasteiger partial charge on any atom is 0.222 e. The van der Waals surface area contributed by atoms with Crippen LogP contribution in [0.1, 0.15) is 27.2 Å². The molecule has 0 spiro atoms. The lowest BCUT2D eigenvalue weighted by Gasteiger charge is -2.22. The summed E-state index contributed by atoms with van der Waals surface area (Å²) < 4.78 is 5.08. The molecule has 0 aliphatic carbocycles. The number of rotatable bonds is 7. The van der Waals surface area contributed by atoms with Crippen molar-refractivity contribution in [1.82, 2.24) is 5.32 Å². The number of hydrogen-bond acceptors (Lipinski definition) is 3. The highest BCUT2D eigenvalue weighted by molar-refractivity contribution is 5.75. The van der Waals surface area contributed by atoms with E-state index in [9.17, 15) is 4.79 Å². The van der Waals surface area contributed by atoms with Gasteiger partial charge in [0.15, 0.2) is 0 Å². The number of hydrogen-bond donors (Lipinski definition) is 2. The van der Waals surface area contributed by atoms with E-state index in [4.69, 9.17) is 10.5 Å². The van der Waals surface area contributed by atoms with E-state index < -0.39 is 0 Å². The second-order valence-electron chi connectivity index (χ2n) is 4.09. The Morgan fingerprint density at radius 3 is 2.64 bits per heavy atom. The lowest BCUT2D eigenvalue weighted by molar-refractivity contribution is -0.122. The summed E-state index contributed by atoms with van der Waals surface area (Å²) in [4.78, 5) is 11.2. The van der Waals surface area contributed by atoms with Crippen molar-refractivity contribution in [3.8, 4) is 0 Å². The topological polar surface area (TPSA) is 64.3 Å². The second kappa shape index (κ2) is 6.79. The highest BCUT2D eigenvalue weighted by atomic mass is 16.5. The van der Waals surface area contributed by atoms with Gasteiger partial charge in [0.1, 0.15) is 0 Å². The fourth-order valence-corrected chi connectivity index (χ4v) is 0.808. The van der Waals surface area contributed by atoms with Gasteiger partial charge >= 0.3 is 0 Å². The zero-order valence-electron chi connectivity index (χ0n) is 9.43. The minimum Gasteiger partial charge on any atom is -0.381 e. The molecule has 0 saturated heterocycles. The van der Waals surface area contributed by atoms with Gasteiger partial charge in [-0.3, -0.25) is 4.79 Å². The molecule has 0 aromatic carbocycles. The van der Waals surface area contributed by atoms with Crippen LogP contribution in [-0.4, -0.2) is 32.2 Å². The summed E-state index contributed by atoms with van der Waals surface area (Å²) in [5.41, 5.74) is 5.51. The molecule has 1 amide bonds. The first-order valence-corrected chi connectivity index (χ1v) is 5.06. The third-order valence-corrected chi connectivity index (χ3v) is 1.99. The predicted octanol–water partition coefficient (Wildman–Crippen LogP) is 0.514. The van der Waals surface area contributed by atoms with Crippen LogP contribution in [0.25, 0.3) is 0 Å². The summed E-state index contributed by atoms with van der Waals surface area (Å²) in [5.74, 6) is 0.0278. The zero-order chi connectivity index (χ0) is 11.0. The van der Waals surface area contributed by atoms with Gasteiger partial charge in [0, 0.05) is 19.6 Å². The van der Waals surface area contributed by atoms with Gasteiger partial charge in [-0.2, -0.15) is 0 Å². The highest BCUT2D eigenvalue weighted by Gasteiger charge is 2.16. The van der Waals surface area contributed by atoms with Crippen molar-refractivity contribution in [2.45, 2.75) is 27.2 Å². The monoisotopic (exact) mass is 202 g/mol. The maximum absolute atomic E-state index is 11.2. The molecule has 0 rings (SSSR count). The largest absolute Gasteiger partial charge is 0.381 e. The summed E-state index contributed by atoms with van der Waals surface area (Å²) in [6.07, 6.45) is 0.425. The zero-order valence-corrected chi connectivity index (χ0v) is 9.43. The first kappa shape index (κ1) is 13.4. The Labute approximate surface area is 86.2 Å². The average molecular weight is 202 g/mol. The van der Waals surface area contributed by atoms with Gasteiger partial charge in [0.05, 0.1) is 6.61 Å². The molecule has 0 saturated carbocycles. The van der Waals surface area contributed by atoms with Crippen molar-refractivity contribution in [3.63, 3.8) is 0 Å². The molecule has 14 heavy (non-hydrogen) atoms. The number of nitrogens with two attached hydrogens (primary N) is 1. The summed E-state index contributed by atoms with van der Waals surface area (Å²) in [6.45, 7) is 8.29. The van der Waals surface area contributed by atoms with Crippen LogP contribution in [0.5, 0.6) is 0 Å².